The summed E-state index contributed by atoms with van der Waals surface area (Å²) in [5.41, 5.74) is 0. The van der Waals surface area contributed by atoms with E-state index in [-0.39, 0.29) is 62.3 Å². The predicted molar refractivity (Wildman–Crippen MR) is 202 cm³/mol. The van der Waals surface area contributed by atoms with Crippen LogP contribution in [0.15, 0.2) is 0 Å². The van der Waals surface area contributed by atoms with Crippen LogP contribution < -0.4 is 10.2 Å². The Morgan fingerprint density at radius 3 is 0.761 bits per heavy atom. The Kier molecular flexibility index (Phi) is 61.1. The maximum Gasteiger partial charge on any atom is 3.00 e. The molecule has 0 aromatic rings. The molecule has 0 spiro atoms. The van der Waals surface area contributed by atoms with Crippen LogP contribution >= 0.6 is 0 Å². The summed E-state index contributed by atoms with van der Waals surface area (Å²) in [4.78, 5) is 20.2. The first-order chi connectivity index (χ1) is 22.0. The summed E-state index contributed by atoms with van der Waals surface area (Å²) in [7, 11) is 0. The van der Waals surface area contributed by atoms with Crippen molar-refractivity contribution >= 4 is 61.4 Å². The second-order valence-corrected chi connectivity index (χ2v) is 18.3. The van der Waals surface area contributed by atoms with Gasteiger partial charge in [0.2, 0.25) is 0 Å². The van der Waals surface area contributed by atoms with Crippen LogP contribution in [-0.4, -0.2) is 61.4 Å². The van der Waals surface area contributed by atoms with Gasteiger partial charge in [-0.3, -0.25) is 0 Å². The fourth-order valence-electron chi connectivity index (χ4n) is 5.28. The summed E-state index contributed by atoms with van der Waals surface area (Å²) in [5, 5.41) is 20.2. The van der Waals surface area contributed by atoms with Gasteiger partial charge in [0.25, 0.3) is 0 Å². The normalized spacial score (nSPS) is 10.3. The second-order valence-electron chi connectivity index (χ2n) is 13.1. The number of carbonyl (C=O) groups is 2. The largest absolute Gasteiger partial charge is 3.00 e. The molecule has 0 heterocycles. The van der Waals surface area contributed by atoms with E-state index in [9.17, 15) is 19.8 Å². The standard InChI is InChI=1S/2C12H24O2.2C8H17.2Bi/c2*1-2-3-4-5-6-7-8-9-10-11-12(13)14;2*1-3-5-7-8-6-4-2;;/h2*2-11H2,1H3,(H,13,14);2*1,3-8H2,2H3;;/q;;;;+1;+3/p-2. The molecule has 46 heavy (non-hydrogen) atoms. The first kappa shape index (κ1) is 53.5. The smallest absolute Gasteiger partial charge is 3.00 e. The molecular formula is C40H80Bi2O4+2. The molecule has 0 aliphatic carbocycles. The third-order valence-electron chi connectivity index (χ3n) is 8.31. The van der Waals surface area contributed by atoms with E-state index >= 15 is 0 Å². The Morgan fingerprint density at radius 2 is 0.543 bits per heavy atom. The summed E-state index contributed by atoms with van der Waals surface area (Å²) in [6.07, 6.45) is 40.2. The van der Waals surface area contributed by atoms with Gasteiger partial charge in [0.1, 0.15) is 0 Å². The first-order valence-electron chi connectivity index (χ1n) is 20.0. The topological polar surface area (TPSA) is 80.3 Å². The molecular weight excluding hydrogens is 962 g/mol. The molecule has 0 N–H and O–H groups in total. The van der Waals surface area contributed by atoms with Gasteiger partial charge in [0, 0.05) is 11.9 Å². The van der Waals surface area contributed by atoms with Crippen LogP contribution in [0, 0.1) is 0 Å². The zero-order chi connectivity index (χ0) is 33.9. The minimum atomic E-state index is -0.909. The van der Waals surface area contributed by atoms with Gasteiger partial charge in [-0.1, -0.05) is 117 Å². The van der Waals surface area contributed by atoms with Gasteiger partial charge < -0.3 is 19.8 Å². The van der Waals surface area contributed by atoms with Crippen molar-refractivity contribution in [1.82, 2.24) is 0 Å². The second kappa shape index (κ2) is 52.5. The van der Waals surface area contributed by atoms with Crippen LogP contribution in [0.5, 0.6) is 0 Å². The summed E-state index contributed by atoms with van der Waals surface area (Å²) < 4.78 is 3.34. The first-order valence-corrected chi connectivity index (χ1v) is 24.9. The monoisotopic (exact) mass is 1040 g/mol. The fraction of sp³-hybridized carbons (Fsp3) is 0.950. The summed E-state index contributed by atoms with van der Waals surface area (Å²) in [6, 6.07) is 0. The van der Waals surface area contributed by atoms with E-state index in [0.29, 0.717) is 0 Å². The van der Waals surface area contributed by atoms with Crippen molar-refractivity contribution in [2.24, 2.45) is 0 Å². The fourth-order valence-corrected chi connectivity index (χ4v) is 9.63. The molecule has 4 nitrogen and oxygen atoms in total. The van der Waals surface area contributed by atoms with Crippen molar-refractivity contribution in [3.05, 3.63) is 0 Å². The summed E-state index contributed by atoms with van der Waals surface area (Å²) >= 11 is -0.0142. The molecule has 0 aromatic carbocycles. The van der Waals surface area contributed by atoms with Gasteiger partial charge in [-0.15, -0.1) is 0 Å². The van der Waals surface area contributed by atoms with Crippen LogP contribution in [0.25, 0.3) is 0 Å². The zero-order valence-corrected chi connectivity index (χ0v) is 38.5. The Labute approximate surface area is 320 Å². The van der Waals surface area contributed by atoms with Gasteiger partial charge in [0.05, 0.1) is 0 Å². The summed E-state index contributed by atoms with van der Waals surface area (Å²) in [6.45, 7) is 9.05. The third-order valence-corrected chi connectivity index (χ3v) is 13.2. The number of carboxylic acid groups (broad SMARTS) is 2. The van der Waals surface area contributed by atoms with Crippen LogP contribution in [0.3, 0.4) is 0 Å². The number of carbonyl (C=O) groups excluding carboxylic acids is 2. The maximum atomic E-state index is 10.1. The van der Waals surface area contributed by atoms with Crippen LogP contribution in [-0.2, 0) is 9.59 Å². The molecule has 272 valence electrons. The van der Waals surface area contributed by atoms with Gasteiger partial charge in [-0.25, -0.2) is 0 Å². The van der Waals surface area contributed by atoms with E-state index in [0.717, 1.165) is 25.7 Å². The molecule has 0 aliphatic rings. The van der Waals surface area contributed by atoms with E-state index in [2.05, 4.69) is 27.7 Å². The quantitative estimate of drug-likeness (QED) is 0.0475. The van der Waals surface area contributed by atoms with Crippen LogP contribution in [0.4, 0.5) is 0 Å². The molecule has 0 saturated heterocycles. The Hall–Kier alpha value is 0.706. The molecule has 0 amide bonds. The van der Waals surface area contributed by atoms with E-state index in [1.807, 2.05) is 0 Å². The molecule has 0 unspecified atom stereocenters. The third kappa shape index (κ3) is 63.4. The van der Waals surface area contributed by atoms with Gasteiger partial charge >= 0.3 is 149 Å². The molecule has 0 bridgehead atoms. The molecule has 0 atom stereocenters. The molecule has 6 heteroatoms. The Balaban J connectivity index is -0.000000286. The Bertz CT molecular complexity index is 499. The van der Waals surface area contributed by atoms with E-state index in [1.165, 1.54) is 154 Å². The number of carboxylic acids is 2. The number of aliphatic carboxylic acids is 2. The minimum absolute atomic E-state index is 0. The van der Waals surface area contributed by atoms with Crippen molar-refractivity contribution in [3.63, 3.8) is 0 Å². The molecule has 4 radical (unpaired) electrons. The van der Waals surface area contributed by atoms with Crippen LogP contribution in [0.2, 0.25) is 8.26 Å². The number of rotatable bonds is 34. The van der Waals surface area contributed by atoms with Gasteiger partial charge in [-0.2, -0.15) is 0 Å². The maximum absolute atomic E-state index is 10.1. The van der Waals surface area contributed by atoms with Gasteiger partial charge in [-0.05, 0) is 25.7 Å². The summed E-state index contributed by atoms with van der Waals surface area (Å²) in [5.74, 6) is -1.82. The van der Waals surface area contributed by atoms with Crippen molar-refractivity contribution < 1.29 is 19.8 Å². The molecule has 0 rings (SSSR count). The average molecular weight is 1040 g/mol. The van der Waals surface area contributed by atoms with Crippen LogP contribution in [0.1, 0.15) is 233 Å². The average Bonchev–Trinajstić information content (AvgIpc) is 3.02. The Morgan fingerprint density at radius 1 is 0.348 bits per heavy atom. The number of unbranched alkanes of at least 4 members (excludes halogenated alkanes) is 26. The molecule has 0 aliphatic heterocycles. The molecule has 0 fully saturated rings. The van der Waals surface area contributed by atoms with E-state index < -0.39 is 11.9 Å². The van der Waals surface area contributed by atoms with Gasteiger partial charge in [0.15, 0.2) is 0 Å². The molecule has 0 aromatic heterocycles. The molecule has 0 saturated carbocycles. The SMILES string of the molecule is CCCCCCCCCCCC(=O)[O-].CCCCCCCCCCCC(=O)[O-].CCCCCCC[CH2][Bi+][CH2]CCCCCCC.[Bi+3]. The zero-order valence-electron chi connectivity index (χ0n) is 31.6. The predicted octanol–water partition coefficient (Wildman–Crippen LogP) is 11.2. The minimum Gasteiger partial charge on any atom is 3.00 e. The van der Waals surface area contributed by atoms with Crippen molar-refractivity contribution in [2.75, 3.05) is 0 Å². The van der Waals surface area contributed by atoms with Crippen molar-refractivity contribution in [3.8, 4) is 0 Å². The number of hydrogen-bond donors (Lipinski definition) is 0. The van der Waals surface area contributed by atoms with Crippen molar-refractivity contribution in [1.29, 1.82) is 0 Å². The van der Waals surface area contributed by atoms with Crippen molar-refractivity contribution in [2.45, 2.75) is 241 Å². The number of hydrogen-bond acceptors (Lipinski definition) is 4. The van der Waals surface area contributed by atoms with E-state index in [4.69, 9.17) is 0 Å². The van der Waals surface area contributed by atoms with E-state index in [1.54, 1.807) is 21.1 Å².